The van der Waals surface area contributed by atoms with Crippen LogP contribution in [0, 0.1) is 13.8 Å². The van der Waals surface area contributed by atoms with Crippen LogP contribution in [0.2, 0.25) is 0 Å². The molecule has 0 unspecified atom stereocenters. The number of phenolic OH excluding ortho intramolecular Hbond substituents is 1. The van der Waals surface area contributed by atoms with Gasteiger partial charge in [-0.1, -0.05) is 31.7 Å². The molecule has 166 valence electrons. The summed E-state index contributed by atoms with van der Waals surface area (Å²) in [6, 6.07) is 9.44. The first kappa shape index (κ1) is 22.9. The number of phenols is 1. The summed E-state index contributed by atoms with van der Waals surface area (Å²) < 4.78 is 2.01. The fraction of sp³-hybridized carbons (Fsp3) is 0.222. The van der Waals surface area contributed by atoms with E-state index in [0.717, 1.165) is 50.6 Å². The highest BCUT2D eigenvalue weighted by molar-refractivity contribution is 5.89. The third-order valence-electron chi connectivity index (χ3n) is 5.90. The highest BCUT2D eigenvalue weighted by atomic mass is 16.3. The van der Waals surface area contributed by atoms with E-state index in [1.54, 1.807) is 12.3 Å². The topological polar surface area (TPSA) is 90.1 Å². The van der Waals surface area contributed by atoms with E-state index in [1.807, 2.05) is 55.7 Å². The predicted octanol–water partition coefficient (Wildman–Crippen LogP) is 4.17. The number of nitrogens with zero attached hydrogens (tertiary/aromatic N) is 2. The Morgan fingerprint density at radius 2 is 1.94 bits per heavy atom. The molecule has 0 saturated carbocycles. The number of pyridine rings is 1. The van der Waals surface area contributed by atoms with Gasteiger partial charge in [0.05, 0.1) is 16.7 Å². The van der Waals surface area contributed by atoms with E-state index in [4.69, 9.17) is 11.5 Å². The maximum atomic E-state index is 10.5. The maximum absolute atomic E-state index is 10.5. The normalized spacial score (nSPS) is 13.4. The van der Waals surface area contributed by atoms with E-state index in [-0.39, 0.29) is 5.75 Å². The number of benzene rings is 1. The minimum absolute atomic E-state index is 0.222. The molecule has 3 aromatic rings. The molecule has 5 N–H and O–H groups in total. The molecule has 0 saturated heterocycles. The molecule has 0 aliphatic heterocycles. The molecule has 5 heteroatoms. The molecule has 5 nitrogen and oxygen atoms in total. The SMILES string of the molecule is C=C(N)c1c(N)n(-c2c(C)ccc(O)c2C)c(=C(C)CC)/c1=C\C(=C/C)c1ccccn1. The van der Waals surface area contributed by atoms with Crippen LogP contribution in [0.15, 0.2) is 49.2 Å². The second kappa shape index (κ2) is 9.18. The number of hydrogen-bond donors (Lipinski definition) is 3. The Balaban J connectivity index is 2.58. The number of nitrogens with two attached hydrogens (primary N) is 2. The molecule has 2 heterocycles. The van der Waals surface area contributed by atoms with Crippen LogP contribution >= 0.6 is 0 Å². The van der Waals surface area contributed by atoms with Gasteiger partial charge in [-0.3, -0.25) is 9.55 Å². The Bertz CT molecular complexity index is 1330. The van der Waals surface area contributed by atoms with Gasteiger partial charge < -0.3 is 16.6 Å². The van der Waals surface area contributed by atoms with Gasteiger partial charge in [-0.25, -0.2) is 0 Å². The van der Waals surface area contributed by atoms with Crippen LogP contribution < -0.4 is 22.0 Å². The number of aryl methyl sites for hydroxylation is 1. The van der Waals surface area contributed by atoms with Crippen molar-refractivity contribution in [3.8, 4) is 11.4 Å². The Morgan fingerprint density at radius 1 is 1.22 bits per heavy atom. The van der Waals surface area contributed by atoms with Crippen LogP contribution in [0.4, 0.5) is 5.82 Å². The van der Waals surface area contributed by atoms with Crippen LogP contribution in [0.25, 0.3) is 28.6 Å². The zero-order valence-corrected chi connectivity index (χ0v) is 19.5. The Hall–Kier alpha value is -3.73. The van der Waals surface area contributed by atoms with Crippen molar-refractivity contribution in [2.45, 2.75) is 41.0 Å². The van der Waals surface area contributed by atoms with Gasteiger partial charge >= 0.3 is 0 Å². The molecule has 0 radical (unpaired) electrons. The Morgan fingerprint density at radius 3 is 2.50 bits per heavy atom. The summed E-state index contributed by atoms with van der Waals surface area (Å²) in [6.07, 6.45) is 6.70. The lowest BCUT2D eigenvalue weighted by Gasteiger charge is -2.16. The number of hydrogen-bond acceptors (Lipinski definition) is 4. The number of rotatable bonds is 5. The van der Waals surface area contributed by atoms with Gasteiger partial charge in [0.15, 0.2) is 0 Å². The van der Waals surface area contributed by atoms with E-state index in [1.165, 1.54) is 0 Å². The van der Waals surface area contributed by atoms with E-state index < -0.39 is 0 Å². The summed E-state index contributed by atoms with van der Waals surface area (Å²) in [5.41, 5.74) is 19.7. The third-order valence-corrected chi connectivity index (χ3v) is 5.90. The molecular formula is C27H32N4O. The van der Waals surface area contributed by atoms with Crippen LogP contribution in [0.3, 0.4) is 0 Å². The summed E-state index contributed by atoms with van der Waals surface area (Å²) in [5.74, 6) is 0.722. The average Bonchev–Trinajstić information content (AvgIpc) is 3.06. The van der Waals surface area contributed by atoms with Crippen molar-refractivity contribution in [1.29, 1.82) is 0 Å². The molecule has 2 aromatic heterocycles. The van der Waals surface area contributed by atoms with Crippen LogP contribution in [0.1, 0.15) is 49.6 Å². The number of aromatic hydroxyl groups is 1. The standard InChI is InChI=1S/C27H32N4O/c1-7-16(3)26-21(15-20(8-2)22-11-9-10-14-30-22)24(19(6)28)27(29)31(26)25-17(4)12-13-23(32)18(25)5/h8-15,32H,6-7,28-29H2,1-5H3/b20-8+,21-15-,26-16?. The van der Waals surface area contributed by atoms with E-state index in [2.05, 4.69) is 31.5 Å². The fourth-order valence-corrected chi connectivity index (χ4v) is 4.07. The van der Waals surface area contributed by atoms with Gasteiger partial charge in [-0.15, -0.1) is 0 Å². The first-order valence-electron chi connectivity index (χ1n) is 10.8. The van der Waals surface area contributed by atoms with Crippen molar-refractivity contribution in [3.05, 3.63) is 82.1 Å². The van der Waals surface area contributed by atoms with Crippen molar-refractivity contribution in [1.82, 2.24) is 9.55 Å². The van der Waals surface area contributed by atoms with Gasteiger partial charge in [0, 0.05) is 28.2 Å². The van der Waals surface area contributed by atoms with Crippen molar-refractivity contribution >= 4 is 28.7 Å². The van der Waals surface area contributed by atoms with Gasteiger partial charge in [-0.2, -0.15) is 0 Å². The molecule has 0 aliphatic carbocycles. The highest BCUT2D eigenvalue weighted by Crippen LogP contribution is 2.29. The van der Waals surface area contributed by atoms with Gasteiger partial charge in [-0.05, 0) is 75.1 Å². The molecule has 0 atom stereocenters. The predicted molar refractivity (Wildman–Crippen MR) is 136 cm³/mol. The van der Waals surface area contributed by atoms with Gasteiger partial charge in [0.25, 0.3) is 0 Å². The van der Waals surface area contributed by atoms with Gasteiger partial charge in [0.2, 0.25) is 0 Å². The molecular weight excluding hydrogens is 396 g/mol. The summed E-state index contributed by atoms with van der Waals surface area (Å²) in [7, 11) is 0. The highest BCUT2D eigenvalue weighted by Gasteiger charge is 2.20. The van der Waals surface area contributed by atoms with Crippen LogP contribution in [0.5, 0.6) is 5.75 Å². The number of anilines is 1. The molecule has 32 heavy (non-hydrogen) atoms. The van der Waals surface area contributed by atoms with Crippen molar-refractivity contribution in [3.63, 3.8) is 0 Å². The van der Waals surface area contributed by atoms with E-state index in [0.29, 0.717) is 17.1 Å². The zero-order chi connectivity index (χ0) is 23.6. The minimum Gasteiger partial charge on any atom is -0.508 e. The number of allylic oxidation sites excluding steroid dienone is 2. The molecule has 0 amide bonds. The van der Waals surface area contributed by atoms with Crippen molar-refractivity contribution < 1.29 is 5.11 Å². The zero-order valence-electron chi connectivity index (χ0n) is 19.5. The Labute approximate surface area is 189 Å². The van der Waals surface area contributed by atoms with Gasteiger partial charge in [0.1, 0.15) is 11.6 Å². The quantitative estimate of drug-likeness (QED) is 0.569. The first-order valence-corrected chi connectivity index (χ1v) is 10.8. The lowest BCUT2D eigenvalue weighted by atomic mass is 10.1. The van der Waals surface area contributed by atoms with Crippen LogP contribution in [-0.4, -0.2) is 14.7 Å². The van der Waals surface area contributed by atoms with Crippen molar-refractivity contribution in [2.75, 3.05) is 5.73 Å². The summed E-state index contributed by atoms with van der Waals surface area (Å²) >= 11 is 0. The lowest BCUT2D eigenvalue weighted by Crippen LogP contribution is -2.33. The lowest BCUT2D eigenvalue weighted by molar-refractivity contribution is 0.470. The molecule has 0 fully saturated rings. The second-order valence-electron chi connectivity index (χ2n) is 8.00. The summed E-state index contributed by atoms with van der Waals surface area (Å²) in [5, 5.41) is 12.3. The average molecular weight is 429 g/mol. The van der Waals surface area contributed by atoms with E-state index in [9.17, 15) is 5.11 Å². The second-order valence-corrected chi connectivity index (χ2v) is 8.00. The molecule has 3 rings (SSSR count). The monoisotopic (exact) mass is 428 g/mol. The molecule has 1 aromatic carbocycles. The maximum Gasteiger partial charge on any atom is 0.120 e. The number of aromatic nitrogens is 2. The van der Waals surface area contributed by atoms with E-state index >= 15 is 0 Å². The fourth-order valence-electron chi connectivity index (χ4n) is 4.07. The molecule has 0 spiro atoms. The van der Waals surface area contributed by atoms with Crippen LogP contribution in [-0.2, 0) is 0 Å². The van der Waals surface area contributed by atoms with Crippen molar-refractivity contribution in [2.24, 2.45) is 5.73 Å². The largest absolute Gasteiger partial charge is 0.508 e. The third kappa shape index (κ3) is 3.94. The summed E-state index contributed by atoms with van der Waals surface area (Å²) in [6.45, 7) is 14.1. The molecule has 0 bridgehead atoms. The smallest absolute Gasteiger partial charge is 0.120 e. The minimum atomic E-state index is 0.222. The Kier molecular flexibility index (Phi) is 6.58. The first-order chi connectivity index (χ1) is 15.2. The number of nitrogen functional groups attached to an aromatic ring is 1. The summed E-state index contributed by atoms with van der Waals surface area (Å²) in [4.78, 5) is 4.51. The molecule has 0 aliphatic rings.